The molecule has 2 rings (SSSR count). The van der Waals surface area contributed by atoms with Gasteiger partial charge in [0.15, 0.2) is 0 Å². The van der Waals surface area contributed by atoms with Gasteiger partial charge in [-0.05, 0) is 23.8 Å². The maximum Gasteiger partial charge on any atom is 0.212 e. The average Bonchev–Trinajstić information content (AvgIpc) is 2.48. The van der Waals surface area contributed by atoms with Crippen molar-refractivity contribution in [2.45, 2.75) is 20.3 Å². The van der Waals surface area contributed by atoms with Crippen LogP contribution in [0.1, 0.15) is 20.3 Å². The summed E-state index contributed by atoms with van der Waals surface area (Å²) in [6.07, 6.45) is 4.80. The van der Waals surface area contributed by atoms with Crippen LogP contribution < -0.4 is 10.1 Å². The molecule has 0 aromatic carbocycles. The molecule has 0 saturated heterocycles. The van der Waals surface area contributed by atoms with E-state index in [9.17, 15) is 0 Å². The van der Waals surface area contributed by atoms with Crippen molar-refractivity contribution in [3.05, 3.63) is 36.7 Å². The summed E-state index contributed by atoms with van der Waals surface area (Å²) in [5.41, 5.74) is 2.12. The van der Waals surface area contributed by atoms with Crippen molar-refractivity contribution in [1.82, 2.24) is 9.97 Å². The summed E-state index contributed by atoms with van der Waals surface area (Å²) in [6.45, 7) is 4.25. The van der Waals surface area contributed by atoms with Gasteiger partial charge in [-0.15, -0.1) is 0 Å². The molecular formula is C15H21N3O. The van der Waals surface area contributed by atoms with Crippen molar-refractivity contribution >= 4 is 5.82 Å². The summed E-state index contributed by atoms with van der Waals surface area (Å²) in [5.74, 6) is 1.46. The normalized spacial score (nSPS) is 9.26. The van der Waals surface area contributed by atoms with Crippen LogP contribution in [0.25, 0.3) is 11.1 Å². The molecule has 0 atom stereocenters. The lowest BCUT2D eigenvalue weighted by atomic mass is 10.1. The van der Waals surface area contributed by atoms with Crippen LogP contribution in [-0.2, 0) is 0 Å². The van der Waals surface area contributed by atoms with Crippen molar-refractivity contribution < 1.29 is 4.74 Å². The van der Waals surface area contributed by atoms with Gasteiger partial charge in [0.05, 0.1) is 7.11 Å². The van der Waals surface area contributed by atoms with E-state index in [1.807, 2.05) is 31.3 Å². The summed E-state index contributed by atoms with van der Waals surface area (Å²) < 4.78 is 5.01. The van der Waals surface area contributed by atoms with Crippen LogP contribution in [0.15, 0.2) is 36.7 Å². The minimum Gasteiger partial charge on any atom is -0.481 e. The third-order valence-corrected chi connectivity index (χ3v) is 2.29. The maximum absolute atomic E-state index is 5.01. The Morgan fingerprint density at radius 3 is 2.37 bits per heavy atom. The fraction of sp³-hybridized carbons (Fsp3) is 0.333. The lowest BCUT2D eigenvalue weighted by Gasteiger charge is -2.04. The average molecular weight is 259 g/mol. The molecule has 2 aromatic rings. The molecule has 1 N–H and O–H groups in total. The van der Waals surface area contributed by atoms with E-state index in [-0.39, 0.29) is 0 Å². The Balaban J connectivity index is 0.000000550. The second kappa shape index (κ2) is 8.08. The van der Waals surface area contributed by atoms with E-state index in [2.05, 4.69) is 29.1 Å². The van der Waals surface area contributed by atoms with E-state index in [4.69, 9.17) is 4.74 Å². The Hall–Kier alpha value is -2.10. The molecule has 0 aliphatic rings. The number of hydrogen-bond donors (Lipinski definition) is 1. The molecule has 0 saturated carbocycles. The molecule has 0 aliphatic carbocycles. The molecule has 102 valence electrons. The third kappa shape index (κ3) is 4.58. The summed E-state index contributed by atoms with van der Waals surface area (Å²) in [6, 6.07) is 7.74. The van der Waals surface area contributed by atoms with Crippen LogP contribution in [-0.4, -0.2) is 24.1 Å². The molecule has 0 unspecified atom stereocenters. The van der Waals surface area contributed by atoms with E-state index in [1.165, 1.54) is 6.42 Å². The lowest BCUT2D eigenvalue weighted by molar-refractivity contribution is 0.398. The van der Waals surface area contributed by atoms with Crippen LogP contribution >= 0.6 is 0 Å². The Kier molecular flexibility index (Phi) is 6.36. The molecule has 0 radical (unpaired) electrons. The molecule has 4 heteroatoms. The van der Waals surface area contributed by atoms with Gasteiger partial charge in [-0.2, -0.15) is 0 Å². The number of aromatic nitrogens is 2. The van der Waals surface area contributed by atoms with Gasteiger partial charge < -0.3 is 10.1 Å². The van der Waals surface area contributed by atoms with E-state index in [0.717, 1.165) is 16.9 Å². The zero-order chi connectivity index (χ0) is 14.1. The van der Waals surface area contributed by atoms with Gasteiger partial charge in [-0.3, -0.25) is 0 Å². The van der Waals surface area contributed by atoms with Gasteiger partial charge in [0.2, 0.25) is 5.88 Å². The van der Waals surface area contributed by atoms with Gasteiger partial charge in [-0.25, -0.2) is 9.97 Å². The van der Waals surface area contributed by atoms with Crippen molar-refractivity contribution in [3.63, 3.8) is 0 Å². The summed E-state index contributed by atoms with van der Waals surface area (Å²) in [7, 11) is 3.45. The topological polar surface area (TPSA) is 47.0 Å². The van der Waals surface area contributed by atoms with Crippen molar-refractivity contribution in [3.8, 4) is 17.0 Å². The van der Waals surface area contributed by atoms with Crippen LogP contribution in [0.5, 0.6) is 5.88 Å². The Morgan fingerprint density at radius 1 is 1.11 bits per heavy atom. The largest absolute Gasteiger partial charge is 0.481 e. The number of ether oxygens (including phenoxy) is 1. The Morgan fingerprint density at radius 2 is 1.84 bits per heavy atom. The molecule has 0 aliphatic heterocycles. The molecule has 2 aromatic heterocycles. The van der Waals surface area contributed by atoms with Crippen molar-refractivity contribution in [2.75, 3.05) is 19.5 Å². The fourth-order valence-corrected chi connectivity index (χ4v) is 1.42. The summed E-state index contributed by atoms with van der Waals surface area (Å²) >= 11 is 0. The standard InChI is InChI=1S/C12H13N3O.C3H8/c1-13-11-7-9(5-6-14-11)10-3-4-12(16-2)15-8-10;1-3-2/h3-8H,1-2H3,(H,13,14);3H2,1-2H3. The molecule has 2 heterocycles. The second-order valence-corrected chi connectivity index (χ2v) is 3.98. The number of nitrogens with zero attached hydrogens (tertiary/aromatic N) is 2. The number of pyridine rings is 2. The number of hydrogen-bond acceptors (Lipinski definition) is 4. The number of nitrogens with one attached hydrogen (secondary N) is 1. The van der Waals surface area contributed by atoms with Gasteiger partial charge >= 0.3 is 0 Å². The molecule has 0 bridgehead atoms. The number of anilines is 1. The minimum atomic E-state index is 0.617. The molecule has 0 spiro atoms. The monoisotopic (exact) mass is 259 g/mol. The first kappa shape index (κ1) is 15.0. The Bertz CT molecular complexity index is 483. The minimum absolute atomic E-state index is 0.617. The van der Waals surface area contributed by atoms with Gasteiger partial charge in [-0.1, -0.05) is 20.3 Å². The molecule has 4 nitrogen and oxygen atoms in total. The first-order valence-electron chi connectivity index (χ1n) is 6.39. The van der Waals surface area contributed by atoms with Crippen molar-refractivity contribution in [2.24, 2.45) is 0 Å². The fourth-order valence-electron chi connectivity index (χ4n) is 1.42. The van der Waals surface area contributed by atoms with Gasteiger partial charge in [0, 0.05) is 31.1 Å². The first-order valence-corrected chi connectivity index (χ1v) is 6.39. The maximum atomic E-state index is 5.01. The molecule has 19 heavy (non-hydrogen) atoms. The van der Waals surface area contributed by atoms with E-state index < -0.39 is 0 Å². The number of methoxy groups -OCH3 is 1. The Labute approximate surface area is 114 Å². The highest BCUT2D eigenvalue weighted by molar-refractivity contribution is 5.65. The zero-order valence-corrected chi connectivity index (χ0v) is 12.0. The summed E-state index contributed by atoms with van der Waals surface area (Å²) in [5, 5.41) is 3.00. The van der Waals surface area contributed by atoms with Crippen molar-refractivity contribution in [1.29, 1.82) is 0 Å². The first-order chi connectivity index (χ1) is 9.24. The lowest BCUT2D eigenvalue weighted by Crippen LogP contribution is -1.92. The van der Waals surface area contributed by atoms with E-state index in [1.54, 1.807) is 19.5 Å². The SMILES string of the molecule is CCC.CNc1cc(-c2ccc(OC)nc2)ccn1. The highest BCUT2D eigenvalue weighted by atomic mass is 16.5. The molecular weight excluding hydrogens is 238 g/mol. The predicted molar refractivity (Wildman–Crippen MR) is 79.5 cm³/mol. The zero-order valence-electron chi connectivity index (χ0n) is 12.0. The van der Waals surface area contributed by atoms with Gasteiger partial charge in [0.1, 0.15) is 5.82 Å². The highest BCUT2D eigenvalue weighted by Crippen LogP contribution is 2.21. The van der Waals surface area contributed by atoms with E-state index >= 15 is 0 Å². The third-order valence-electron chi connectivity index (χ3n) is 2.29. The predicted octanol–water partition coefficient (Wildman–Crippen LogP) is 3.61. The summed E-state index contributed by atoms with van der Waals surface area (Å²) in [4.78, 5) is 8.33. The van der Waals surface area contributed by atoms with Gasteiger partial charge in [0.25, 0.3) is 0 Å². The smallest absolute Gasteiger partial charge is 0.212 e. The molecule has 0 fully saturated rings. The van der Waals surface area contributed by atoms with Crippen LogP contribution in [0.3, 0.4) is 0 Å². The van der Waals surface area contributed by atoms with Crippen LogP contribution in [0.2, 0.25) is 0 Å². The number of rotatable bonds is 3. The highest BCUT2D eigenvalue weighted by Gasteiger charge is 2.00. The van der Waals surface area contributed by atoms with E-state index in [0.29, 0.717) is 5.88 Å². The quantitative estimate of drug-likeness (QED) is 0.914. The molecule has 0 amide bonds. The van der Waals surface area contributed by atoms with Crippen LogP contribution in [0, 0.1) is 0 Å². The van der Waals surface area contributed by atoms with Crippen LogP contribution in [0.4, 0.5) is 5.82 Å². The second-order valence-electron chi connectivity index (χ2n) is 3.98.